The Morgan fingerprint density at radius 1 is 1.24 bits per heavy atom. The van der Waals surface area contributed by atoms with E-state index in [9.17, 15) is 0 Å². The molecule has 0 aliphatic heterocycles. The van der Waals surface area contributed by atoms with Crippen molar-refractivity contribution < 1.29 is 4.74 Å². The fraction of sp³-hybridized carbons (Fsp3) is 0.467. The first-order valence-electron chi connectivity index (χ1n) is 6.99. The minimum atomic E-state index is 0.0224. The van der Waals surface area contributed by atoms with E-state index in [0.29, 0.717) is 17.4 Å². The maximum atomic E-state index is 6.09. The summed E-state index contributed by atoms with van der Waals surface area (Å²) >= 11 is 1.80. The molecule has 0 aliphatic rings. The average Bonchev–Trinajstić information content (AvgIpc) is 2.73. The molecule has 0 saturated carbocycles. The highest BCUT2D eigenvalue weighted by Crippen LogP contribution is 2.31. The van der Waals surface area contributed by atoms with Gasteiger partial charge >= 0.3 is 0 Å². The number of ether oxygens (including phenoxy) is 1. The van der Waals surface area contributed by atoms with Gasteiger partial charge in [0, 0.05) is 9.75 Å². The van der Waals surface area contributed by atoms with E-state index in [2.05, 4.69) is 42.1 Å². The Morgan fingerprint density at radius 2 is 1.95 bits per heavy atom. The molecule has 6 heteroatoms. The molecule has 0 amide bonds. The van der Waals surface area contributed by atoms with Crippen LogP contribution in [0.1, 0.15) is 42.1 Å². The first-order valence-corrected chi connectivity index (χ1v) is 7.80. The van der Waals surface area contributed by atoms with Crippen LogP contribution in [-0.4, -0.2) is 16.1 Å². The van der Waals surface area contributed by atoms with Crippen molar-refractivity contribution in [2.75, 3.05) is 11.1 Å². The summed E-state index contributed by atoms with van der Waals surface area (Å²) in [5.41, 5.74) is 7.80. The van der Waals surface area contributed by atoms with Crippen LogP contribution >= 0.6 is 11.3 Å². The lowest BCUT2D eigenvalue weighted by Gasteiger charge is -2.18. The summed E-state index contributed by atoms with van der Waals surface area (Å²) < 4.78 is 5.59. The zero-order valence-electron chi connectivity index (χ0n) is 13.1. The first kappa shape index (κ1) is 15.6. The van der Waals surface area contributed by atoms with Crippen LogP contribution < -0.4 is 15.8 Å². The Kier molecular flexibility index (Phi) is 4.67. The van der Waals surface area contributed by atoms with E-state index in [-0.39, 0.29) is 12.1 Å². The highest BCUT2D eigenvalue weighted by molar-refractivity contribution is 7.12. The molecule has 2 rings (SSSR count). The zero-order valence-corrected chi connectivity index (χ0v) is 13.9. The van der Waals surface area contributed by atoms with Gasteiger partial charge in [-0.2, -0.15) is 4.98 Å². The van der Waals surface area contributed by atoms with Crippen molar-refractivity contribution in [3.05, 3.63) is 27.7 Å². The molecule has 0 aliphatic carbocycles. The van der Waals surface area contributed by atoms with Gasteiger partial charge in [-0.05, 0) is 46.2 Å². The van der Waals surface area contributed by atoms with E-state index in [0.717, 1.165) is 0 Å². The number of aromatic nitrogens is 2. The number of nitrogens with two attached hydrogens (primary N) is 1. The normalized spacial score (nSPS) is 12.5. The van der Waals surface area contributed by atoms with Gasteiger partial charge in [-0.1, -0.05) is 0 Å². The predicted molar refractivity (Wildman–Crippen MR) is 88.0 cm³/mol. The zero-order chi connectivity index (χ0) is 15.6. The Bertz CT molecular complexity index is 624. The summed E-state index contributed by atoms with van der Waals surface area (Å²) in [5, 5.41) is 3.34. The molecule has 2 heterocycles. The highest BCUT2D eigenvalue weighted by Gasteiger charge is 2.16. The summed E-state index contributed by atoms with van der Waals surface area (Å²) in [5.74, 6) is 1.03. The maximum Gasteiger partial charge on any atom is 0.242 e. The van der Waals surface area contributed by atoms with Crippen molar-refractivity contribution in [2.45, 2.75) is 46.8 Å². The van der Waals surface area contributed by atoms with E-state index in [1.807, 2.05) is 13.8 Å². The lowest BCUT2D eigenvalue weighted by atomic mass is 10.1. The van der Waals surface area contributed by atoms with Crippen molar-refractivity contribution in [2.24, 2.45) is 0 Å². The topological polar surface area (TPSA) is 73.1 Å². The smallest absolute Gasteiger partial charge is 0.242 e. The first-order chi connectivity index (χ1) is 9.88. The number of nitrogens with zero attached hydrogens (tertiary/aromatic N) is 2. The van der Waals surface area contributed by atoms with Crippen molar-refractivity contribution in [1.29, 1.82) is 0 Å². The molecular formula is C15H22N4OS. The van der Waals surface area contributed by atoms with Gasteiger partial charge in [-0.3, -0.25) is 0 Å². The average molecular weight is 306 g/mol. The molecule has 0 bridgehead atoms. The molecule has 1 unspecified atom stereocenters. The third kappa shape index (κ3) is 3.64. The van der Waals surface area contributed by atoms with Crippen molar-refractivity contribution >= 4 is 22.8 Å². The van der Waals surface area contributed by atoms with Crippen LogP contribution in [0.4, 0.5) is 11.5 Å². The molecular weight excluding hydrogens is 284 g/mol. The summed E-state index contributed by atoms with van der Waals surface area (Å²) in [7, 11) is 0. The molecule has 0 aromatic carbocycles. The van der Waals surface area contributed by atoms with E-state index in [4.69, 9.17) is 10.5 Å². The molecule has 2 aromatic heterocycles. The Hall–Kier alpha value is -1.82. The van der Waals surface area contributed by atoms with Gasteiger partial charge in [-0.25, -0.2) is 4.98 Å². The highest BCUT2D eigenvalue weighted by atomic mass is 32.1. The standard InChI is InChI=1S/C15H22N4OS/c1-8(2)20-15-13(16)14(17-7-18-15)19-10(4)12-6-9(3)21-11(12)5/h6-8,10H,16H2,1-5H3,(H,17,18,19). The number of aryl methyl sites for hydroxylation is 2. The molecule has 0 fully saturated rings. The van der Waals surface area contributed by atoms with E-state index in [1.165, 1.54) is 21.6 Å². The third-order valence-electron chi connectivity index (χ3n) is 3.09. The fourth-order valence-corrected chi connectivity index (χ4v) is 3.20. The van der Waals surface area contributed by atoms with Gasteiger partial charge in [-0.15, -0.1) is 11.3 Å². The summed E-state index contributed by atoms with van der Waals surface area (Å²) in [6, 6.07) is 2.32. The van der Waals surface area contributed by atoms with Crippen LogP contribution in [-0.2, 0) is 0 Å². The molecule has 5 nitrogen and oxygen atoms in total. The molecule has 0 radical (unpaired) electrons. The number of nitrogen functional groups attached to an aromatic ring is 1. The second-order valence-electron chi connectivity index (χ2n) is 5.34. The fourth-order valence-electron chi connectivity index (χ4n) is 2.17. The molecule has 2 aromatic rings. The second-order valence-corrected chi connectivity index (χ2v) is 6.80. The number of hydrogen-bond acceptors (Lipinski definition) is 6. The van der Waals surface area contributed by atoms with Gasteiger partial charge in [0.2, 0.25) is 5.88 Å². The Labute approximate surface area is 129 Å². The van der Waals surface area contributed by atoms with E-state index >= 15 is 0 Å². The van der Waals surface area contributed by atoms with Crippen molar-refractivity contribution in [3.63, 3.8) is 0 Å². The Morgan fingerprint density at radius 3 is 2.52 bits per heavy atom. The lowest BCUT2D eigenvalue weighted by molar-refractivity contribution is 0.234. The number of rotatable bonds is 5. The van der Waals surface area contributed by atoms with E-state index in [1.54, 1.807) is 11.3 Å². The van der Waals surface area contributed by atoms with Gasteiger partial charge in [0.25, 0.3) is 0 Å². The number of thiophene rings is 1. The lowest BCUT2D eigenvalue weighted by Crippen LogP contribution is -2.13. The van der Waals surface area contributed by atoms with Crippen molar-refractivity contribution in [1.82, 2.24) is 9.97 Å². The van der Waals surface area contributed by atoms with Crippen LogP contribution in [0.3, 0.4) is 0 Å². The van der Waals surface area contributed by atoms with E-state index < -0.39 is 0 Å². The van der Waals surface area contributed by atoms with Gasteiger partial charge in [0.1, 0.15) is 12.0 Å². The number of nitrogens with one attached hydrogen (secondary N) is 1. The van der Waals surface area contributed by atoms with Gasteiger partial charge in [0.05, 0.1) is 12.1 Å². The molecule has 114 valence electrons. The van der Waals surface area contributed by atoms with Crippen LogP contribution in [0.15, 0.2) is 12.4 Å². The van der Waals surface area contributed by atoms with Crippen LogP contribution in [0.5, 0.6) is 5.88 Å². The predicted octanol–water partition coefficient (Wildman–Crippen LogP) is 3.70. The van der Waals surface area contributed by atoms with Gasteiger partial charge in [0.15, 0.2) is 5.82 Å². The molecule has 21 heavy (non-hydrogen) atoms. The second kappa shape index (κ2) is 6.30. The number of anilines is 2. The van der Waals surface area contributed by atoms with Crippen LogP contribution in [0, 0.1) is 13.8 Å². The number of hydrogen-bond donors (Lipinski definition) is 2. The molecule has 0 saturated heterocycles. The summed E-state index contributed by atoms with van der Waals surface area (Å²) in [6.07, 6.45) is 1.49. The monoisotopic (exact) mass is 306 g/mol. The van der Waals surface area contributed by atoms with Gasteiger partial charge < -0.3 is 15.8 Å². The largest absolute Gasteiger partial charge is 0.473 e. The maximum absolute atomic E-state index is 6.09. The molecule has 0 spiro atoms. The SMILES string of the molecule is Cc1cc(C(C)Nc2ncnc(OC(C)C)c2N)c(C)s1. The minimum Gasteiger partial charge on any atom is -0.473 e. The summed E-state index contributed by atoms with van der Waals surface area (Å²) in [4.78, 5) is 10.9. The Balaban J connectivity index is 2.21. The molecule has 1 atom stereocenters. The van der Waals surface area contributed by atoms with Crippen LogP contribution in [0.25, 0.3) is 0 Å². The summed E-state index contributed by atoms with van der Waals surface area (Å²) in [6.45, 7) is 10.2. The third-order valence-corrected chi connectivity index (χ3v) is 4.08. The quantitative estimate of drug-likeness (QED) is 0.881. The minimum absolute atomic E-state index is 0.0224. The van der Waals surface area contributed by atoms with Crippen molar-refractivity contribution in [3.8, 4) is 5.88 Å². The van der Waals surface area contributed by atoms with Crippen LogP contribution in [0.2, 0.25) is 0 Å². The molecule has 3 N–H and O–H groups in total.